The predicted molar refractivity (Wildman–Crippen MR) is 71.7 cm³/mol. The second-order valence-corrected chi connectivity index (χ2v) is 6.96. The summed E-state index contributed by atoms with van der Waals surface area (Å²) in [5.41, 5.74) is 2.18. The third-order valence-corrected chi connectivity index (χ3v) is 4.38. The Morgan fingerprint density at radius 2 is 2.17 bits per heavy atom. The van der Waals surface area contributed by atoms with Gasteiger partial charge in [-0.25, -0.2) is 13.4 Å². The lowest BCUT2D eigenvalue weighted by Crippen LogP contribution is -2.03. The number of pyridine rings is 1. The number of fused-ring (bicyclic) bond motifs is 1. The van der Waals surface area contributed by atoms with Crippen LogP contribution in [0.5, 0.6) is 0 Å². The van der Waals surface area contributed by atoms with Crippen molar-refractivity contribution in [3.05, 3.63) is 29.6 Å². The van der Waals surface area contributed by atoms with Gasteiger partial charge in [0.15, 0.2) is 5.03 Å². The largest absolute Gasteiger partial charge is 0.289 e. The van der Waals surface area contributed by atoms with Crippen LogP contribution in [0.1, 0.15) is 37.4 Å². The van der Waals surface area contributed by atoms with E-state index in [1.165, 1.54) is 4.40 Å². The average molecular weight is 287 g/mol. The Balaban J connectivity index is 2.85. The molecule has 0 aromatic carbocycles. The molecule has 0 fully saturated rings. The molecule has 2 aromatic rings. The van der Waals surface area contributed by atoms with Crippen LogP contribution in [0.2, 0.25) is 0 Å². The first kappa shape index (κ1) is 13.4. The fourth-order valence-electron chi connectivity index (χ4n) is 1.90. The number of rotatable bonds is 3. The maximum atomic E-state index is 11.7. The zero-order valence-electron chi connectivity index (χ0n) is 10.5. The zero-order chi connectivity index (χ0) is 13.5. The minimum atomic E-state index is -3.81. The molecule has 4 nitrogen and oxygen atoms in total. The van der Waals surface area contributed by atoms with Gasteiger partial charge in [-0.1, -0.05) is 13.8 Å². The van der Waals surface area contributed by atoms with Gasteiger partial charge < -0.3 is 0 Å². The smallest absolute Gasteiger partial charge is 0.279 e. The van der Waals surface area contributed by atoms with Gasteiger partial charge in [0, 0.05) is 22.8 Å². The van der Waals surface area contributed by atoms with Crippen LogP contribution in [-0.2, 0) is 9.05 Å². The normalized spacial score (nSPS) is 14.0. The van der Waals surface area contributed by atoms with E-state index in [0.717, 1.165) is 12.0 Å². The third-order valence-electron chi connectivity index (χ3n) is 3.07. The summed E-state index contributed by atoms with van der Waals surface area (Å²) in [4.78, 5) is 4.41. The van der Waals surface area contributed by atoms with Gasteiger partial charge in [-0.05, 0) is 31.0 Å². The predicted octanol–water partition coefficient (Wildman–Crippen LogP) is 3.08. The van der Waals surface area contributed by atoms with E-state index in [0.29, 0.717) is 11.3 Å². The van der Waals surface area contributed by atoms with E-state index in [1.54, 1.807) is 6.20 Å². The second kappa shape index (κ2) is 4.55. The standard InChI is InChI=1S/C12H15ClN2O2S/c1-4-9(3)11-12(18(13,16)17)15-6-5-8(2)7-10(15)14-11/h5-7,9H,4H2,1-3H3. The summed E-state index contributed by atoms with van der Waals surface area (Å²) in [5, 5.41) is 0.0912. The van der Waals surface area contributed by atoms with Gasteiger partial charge in [0.2, 0.25) is 0 Å². The zero-order valence-corrected chi connectivity index (χ0v) is 12.1. The molecule has 2 aromatic heterocycles. The van der Waals surface area contributed by atoms with E-state index in [9.17, 15) is 8.42 Å². The average Bonchev–Trinajstić information content (AvgIpc) is 2.65. The maximum absolute atomic E-state index is 11.7. The topological polar surface area (TPSA) is 51.4 Å². The van der Waals surface area contributed by atoms with Crippen molar-refractivity contribution in [3.63, 3.8) is 0 Å². The Morgan fingerprint density at radius 3 is 2.72 bits per heavy atom. The molecule has 0 aliphatic rings. The van der Waals surface area contributed by atoms with Gasteiger partial charge in [-0.3, -0.25) is 4.40 Å². The first-order valence-corrected chi connectivity index (χ1v) is 8.08. The lowest BCUT2D eigenvalue weighted by Gasteiger charge is -2.06. The van der Waals surface area contributed by atoms with Crippen molar-refractivity contribution in [2.45, 2.75) is 38.1 Å². The molecule has 0 aliphatic heterocycles. The molecule has 0 bridgehead atoms. The number of aromatic nitrogens is 2. The van der Waals surface area contributed by atoms with Gasteiger partial charge in [0.25, 0.3) is 9.05 Å². The van der Waals surface area contributed by atoms with Crippen molar-refractivity contribution in [1.29, 1.82) is 0 Å². The number of aryl methyl sites for hydroxylation is 1. The summed E-state index contributed by atoms with van der Waals surface area (Å²) < 4.78 is 25.0. The molecule has 2 heterocycles. The molecular weight excluding hydrogens is 272 g/mol. The van der Waals surface area contributed by atoms with Crippen molar-refractivity contribution in [3.8, 4) is 0 Å². The molecule has 2 rings (SSSR count). The summed E-state index contributed by atoms with van der Waals surface area (Å²) in [5.74, 6) is 0.0498. The summed E-state index contributed by atoms with van der Waals surface area (Å²) >= 11 is 0. The Labute approximate surface area is 111 Å². The van der Waals surface area contributed by atoms with Crippen LogP contribution in [0.25, 0.3) is 5.65 Å². The van der Waals surface area contributed by atoms with Crippen LogP contribution >= 0.6 is 10.7 Å². The molecule has 0 N–H and O–H groups in total. The van der Waals surface area contributed by atoms with E-state index in [4.69, 9.17) is 10.7 Å². The molecule has 0 aliphatic carbocycles. The van der Waals surface area contributed by atoms with Crippen molar-refractivity contribution in [1.82, 2.24) is 9.38 Å². The SMILES string of the molecule is CCC(C)c1nc2cc(C)ccn2c1S(=O)(=O)Cl. The van der Waals surface area contributed by atoms with Crippen LogP contribution in [0.4, 0.5) is 0 Å². The van der Waals surface area contributed by atoms with Crippen molar-refractivity contribution >= 4 is 25.4 Å². The van der Waals surface area contributed by atoms with Gasteiger partial charge in [0.05, 0.1) is 5.69 Å². The summed E-state index contributed by atoms with van der Waals surface area (Å²) in [7, 11) is 1.72. The lowest BCUT2D eigenvalue weighted by atomic mass is 10.1. The van der Waals surface area contributed by atoms with E-state index >= 15 is 0 Å². The molecule has 0 saturated carbocycles. The van der Waals surface area contributed by atoms with Crippen molar-refractivity contribution in [2.75, 3.05) is 0 Å². The number of imidazole rings is 1. The number of nitrogens with zero attached hydrogens (tertiary/aromatic N) is 2. The fraction of sp³-hybridized carbons (Fsp3) is 0.417. The summed E-state index contributed by atoms with van der Waals surface area (Å²) in [6, 6.07) is 3.68. The number of halogens is 1. The molecule has 0 spiro atoms. The summed E-state index contributed by atoms with van der Waals surface area (Å²) in [6.07, 6.45) is 2.50. The van der Waals surface area contributed by atoms with Crippen molar-refractivity contribution < 1.29 is 8.42 Å². The molecular formula is C12H15ClN2O2S. The third kappa shape index (κ3) is 2.24. The first-order chi connectivity index (χ1) is 8.34. The molecule has 1 atom stereocenters. The Hall–Kier alpha value is -1.07. The Kier molecular flexibility index (Phi) is 3.38. The van der Waals surface area contributed by atoms with Gasteiger partial charge >= 0.3 is 0 Å². The van der Waals surface area contributed by atoms with Crippen LogP contribution in [0, 0.1) is 6.92 Å². The highest BCUT2D eigenvalue weighted by molar-refractivity contribution is 8.13. The molecule has 0 saturated heterocycles. The number of hydrogen-bond donors (Lipinski definition) is 0. The highest BCUT2D eigenvalue weighted by Gasteiger charge is 2.25. The highest BCUT2D eigenvalue weighted by atomic mass is 35.7. The molecule has 0 radical (unpaired) electrons. The minimum absolute atomic E-state index is 0.0498. The first-order valence-electron chi connectivity index (χ1n) is 5.78. The van der Waals surface area contributed by atoms with Gasteiger partial charge in [-0.2, -0.15) is 0 Å². The van der Waals surface area contributed by atoms with Crippen LogP contribution in [0.15, 0.2) is 23.4 Å². The Bertz CT molecular complexity index is 691. The van der Waals surface area contributed by atoms with E-state index in [-0.39, 0.29) is 10.9 Å². The molecule has 0 amide bonds. The highest BCUT2D eigenvalue weighted by Crippen LogP contribution is 2.29. The molecule has 1 unspecified atom stereocenters. The van der Waals surface area contributed by atoms with Crippen LogP contribution < -0.4 is 0 Å². The van der Waals surface area contributed by atoms with E-state index in [2.05, 4.69) is 4.98 Å². The molecule has 98 valence electrons. The lowest BCUT2D eigenvalue weighted by molar-refractivity contribution is 0.598. The van der Waals surface area contributed by atoms with Crippen LogP contribution in [0.3, 0.4) is 0 Å². The number of hydrogen-bond acceptors (Lipinski definition) is 3. The van der Waals surface area contributed by atoms with Gasteiger partial charge in [-0.15, -0.1) is 0 Å². The van der Waals surface area contributed by atoms with E-state index < -0.39 is 9.05 Å². The quantitative estimate of drug-likeness (QED) is 0.815. The van der Waals surface area contributed by atoms with E-state index in [1.807, 2.05) is 32.9 Å². The van der Waals surface area contributed by atoms with Gasteiger partial charge in [0.1, 0.15) is 5.65 Å². The minimum Gasteiger partial charge on any atom is -0.289 e. The summed E-state index contributed by atoms with van der Waals surface area (Å²) in [6.45, 7) is 5.87. The molecule has 6 heteroatoms. The maximum Gasteiger partial charge on any atom is 0.279 e. The van der Waals surface area contributed by atoms with Crippen LogP contribution in [-0.4, -0.2) is 17.8 Å². The fourth-order valence-corrected chi connectivity index (χ4v) is 3.25. The Morgan fingerprint density at radius 1 is 1.50 bits per heavy atom. The van der Waals surface area contributed by atoms with Crippen molar-refractivity contribution in [2.24, 2.45) is 0 Å². The second-order valence-electron chi connectivity index (χ2n) is 4.48. The monoisotopic (exact) mass is 286 g/mol. The molecule has 18 heavy (non-hydrogen) atoms.